The smallest absolute Gasteiger partial charge is 0.312 e. The van der Waals surface area contributed by atoms with Crippen molar-refractivity contribution < 1.29 is 19.4 Å². The van der Waals surface area contributed by atoms with Gasteiger partial charge in [0.1, 0.15) is 5.75 Å². The molecule has 2 aromatic rings. The molecule has 1 unspecified atom stereocenters. The summed E-state index contributed by atoms with van der Waals surface area (Å²) in [5, 5.41) is 15.3. The first-order valence-electron chi connectivity index (χ1n) is 7.72. The number of aliphatic hydroxyl groups excluding tert-OH is 1. The Balaban J connectivity index is 1.87. The Kier molecular flexibility index (Phi) is 6.36. The zero-order chi connectivity index (χ0) is 18.2. The molecular formula is C18H21N3O4. The van der Waals surface area contributed by atoms with E-state index in [4.69, 9.17) is 10.5 Å². The largest absolute Gasteiger partial charge is 0.497 e. The number of nitrogens with two attached hydrogens (primary N) is 1. The van der Waals surface area contributed by atoms with Gasteiger partial charge in [-0.2, -0.15) is 0 Å². The lowest BCUT2D eigenvalue weighted by Crippen LogP contribution is -2.29. The molecule has 3 amide bonds. The molecule has 2 rings (SSSR count). The highest BCUT2D eigenvalue weighted by Gasteiger charge is 2.11. The Bertz CT molecular complexity index is 714. The number of aliphatic hydroxyl groups is 1. The van der Waals surface area contributed by atoms with Crippen LogP contribution in [0.3, 0.4) is 0 Å². The van der Waals surface area contributed by atoms with Crippen molar-refractivity contribution in [2.24, 2.45) is 5.73 Å². The summed E-state index contributed by atoms with van der Waals surface area (Å²) in [6.07, 6.45) is -0.811. The average molecular weight is 343 g/mol. The molecule has 25 heavy (non-hydrogen) atoms. The van der Waals surface area contributed by atoms with E-state index in [1.165, 1.54) is 0 Å². The lowest BCUT2D eigenvalue weighted by atomic mass is 10.1. The number of benzene rings is 2. The van der Waals surface area contributed by atoms with E-state index in [9.17, 15) is 14.7 Å². The zero-order valence-electron chi connectivity index (χ0n) is 13.9. The highest BCUT2D eigenvalue weighted by molar-refractivity contribution is 5.94. The summed E-state index contributed by atoms with van der Waals surface area (Å²) in [6.45, 7) is 0.392. The molecule has 0 aliphatic heterocycles. The number of ether oxygens (including phenoxy) is 1. The van der Waals surface area contributed by atoms with Crippen molar-refractivity contribution in [3.8, 4) is 5.75 Å². The van der Waals surface area contributed by atoms with Crippen LogP contribution in [-0.4, -0.2) is 30.7 Å². The highest BCUT2D eigenvalue weighted by Crippen LogP contribution is 2.17. The highest BCUT2D eigenvalue weighted by atomic mass is 16.5. The maximum Gasteiger partial charge on any atom is 0.312 e. The van der Waals surface area contributed by atoms with Crippen LogP contribution in [-0.2, 0) is 6.54 Å². The summed E-state index contributed by atoms with van der Waals surface area (Å²) in [4.78, 5) is 22.8. The average Bonchev–Trinajstić information content (AvgIpc) is 2.64. The van der Waals surface area contributed by atoms with E-state index in [0.717, 1.165) is 5.56 Å². The van der Waals surface area contributed by atoms with Crippen LogP contribution in [0.2, 0.25) is 0 Å². The van der Waals surface area contributed by atoms with Gasteiger partial charge in [0.25, 0.3) is 5.91 Å². The predicted molar refractivity (Wildman–Crippen MR) is 93.2 cm³/mol. The van der Waals surface area contributed by atoms with Gasteiger partial charge >= 0.3 is 6.03 Å². The summed E-state index contributed by atoms with van der Waals surface area (Å²) < 4.78 is 5.06. The summed E-state index contributed by atoms with van der Waals surface area (Å²) >= 11 is 0. The van der Waals surface area contributed by atoms with Gasteiger partial charge in [-0.3, -0.25) is 4.79 Å². The molecule has 0 fully saturated rings. The van der Waals surface area contributed by atoms with Gasteiger partial charge < -0.3 is 26.2 Å². The third-order valence-corrected chi connectivity index (χ3v) is 3.64. The van der Waals surface area contributed by atoms with Crippen LogP contribution in [0.5, 0.6) is 5.75 Å². The lowest BCUT2D eigenvalue weighted by Gasteiger charge is -2.13. The van der Waals surface area contributed by atoms with Crippen molar-refractivity contribution in [1.82, 2.24) is 10.6 Å². The number of methoxy groups -OCH3 is 1. The number of urea groups is 1. The van der Waals surface area contributed by atoms with Crippen LogP contribution in [0.4, 0.5) is 4.79 Å². The van der Waals surface area contributed by atoms with Gasteiger partial charge in [-0.1, -0.05) is 24.3 Å². The van der Waals surface area contributed by atoms with Crippen molar-refractivity contribution in [3.05, 3.63) is 65.2 Å². The molecular weight excluding hydrogens is 322 g/mol. The van der Waals surface area contributed by atoms with Crippen LogP contribution in [0.1, 0.15) is 27.6 Å². The van der Waals surface area contributed by atoms with Crippen LogP contribution in [0.25, 0.3) is 0 Å². The van der Waals surface area contributed by atoms with Gasteiger partial charge in [-0.15, -0.1) is 0 Å². The molecule has 2 aromatic carbocycles. The molecule has 0 aliphatic rings. The van der Waals surface area contributed by atoms with Crippen molar-refractivity contribution in [3.63, 3.8) is 0 Å². The molecule has 0 aliphatic carbocycles. The number of hydrogen-bond donors (Lipinski definition) is 4. The fourth-order valence-electron chi connectivity index (χ4n) is 2.20. The van der Waals surface area contributed by atoms with Crippen molar-refractivity contribution in [2.75, 3.05) is 13.7 Å². The van der Waals surface area contributed by atoms with Gasteiger partial charge in [0.2, 0.25) is 0 Å². The Labute approximate surface area is 145 Å². The maximum atomic E-state index is 12.1. The van der Waals surface area contributed by atoms with Gasteiger partial charge in [0.05, 0.1) is 13.2 Å². The topological polar surface area (TPSA) is 114 Å². The first-order chi connectivity index (χ1) is 12.0. The summed E-state index contributed by atoms with van der Waals surface area (Å²) in [7, 11) is 1.57. The fourth-order valence-corrected chi connectivity index (χ4v) is 2.20. The summed E-state index contributed by atoms with van der Waals surface area (Å²) in [6, 6.07) is 13.1. The maximum absolute atomic E-state index is 12.1. The van der Waals surface area contributed by atoms with E-state index in [-0.39, 0.29) is 12.5 Å². The Morgan fingerprint density at radius 3 is 2.28 bits per heavy atom. The Morgan fingerprint density at radius 2 is 1.72 bits per heavy atom. The van der Waals surface area contributed by atoms with E-state index < -0.39 is 12.1 Å². The Morgan fingerprint density at radius 1 is 1.08 bits per heavy atom. The molecule has 0 saturated carbocycles. The van der Waals surface area contributed by atoms with E-state index in [2.05, 4.69) is 10.6 Å². The molecule has 0 saturated heterocycles. The molecule has 0 heterocycles. The number of carbonyl (C=O) groups excluding carboxylic acids is 2. The third-order valence-electron chi connectivity index (χ3n) is 3.64. The van der Waals surface area contributed by atoms with Gasteiger partial charge in [-0.25, -0.2) is 4.79 Å². The molecule has 7 nitrogen and oxygen atoms in total. The number of amides is 3. The summed E-state index contributed by atoms with van der Waals surface area (Å²) in [5.41, 5.74) is 6.98. The summed E-state index contributed by atoms with van der Waals surface area (Å²) in [5.74, 6) is 0.410. The second-order valence-corrected chi connectivity index (χ2v) is 5.41. The predicted octanol–water partition coefficient (Wildman–Crippen LogP) is 1.33. The number of primary amides is 1. The minimum absolute atomic E-state index is 0.0934. The standard InChI is InChI=1S/C18H21N3O4/c1-25-15-8-6-13(7-9-15)16(22)11-20-17(23)14-4-2-12(3-5-14)10-21-18(19)24/h2-9,16,22H,10-11H2,1H3,(H,20,23)(H3,19,21,24). The number of rotatable bonds is 7. The molecule has 0 bridgehead atoms. The van der Waals surface area contributed by atoms with Crippen LogP contribution >= 0.6 is 0 Å². The zero-order valence-corrected chi connectivity index (χ0v) is 13.9. The first-order valence-corrected chi connectivity index (χ1v) is 7.72. The molecule has 0 aromatic heterocycles. The minimum atomic E-state index is -0.811. The third kappa shape index (κ3) is 5.50. The van der Waals surface area contributed by atoms with Crippen molar-refractivity contribution in [1.29, 1.82) is 0 Å². The van der Waals surface area contributed by atoms with E-state index in [1.807, 2.05) is 0 Å². The molecule has 1 atom stereocenters. The van der Waals surface area contributed by atoms with Crippen molar-refractivity contribution in [2.45, 2.75) is 12.6 Å². The fraction of sp³-hybridized carbons (Fsp3) is 0.222. The molecule has 132 valence electrons. The molecule has 0 spiro atoms. The minimum Gasteiger partial charge on any atom is -0.497 e. The van der Waals surface area contributed by atoms with Gasteiger partial charge in [-0.05, 0) is 35.4 Å². The quantitative estimate of drug-likeness (QED) is 0.607. The van der Waals surface area contributed by atoms with Crippen molar-refractivity contribution >= 4 is 11.9 Å². The second-order valence-electron chi connectivity index (χ2n) is 5.41. The number of hydrogen-bond acceptors (Lipinski definition) is 4. The van der Waals surface area contributed by atoms with E-state index in [1.54, 1.807) is 55.6 Å². The molecule has 7 heteroatoms. The second kappa shape index (κ2) is 8.70. The van der Waals surface area contributed by atoms with E-state index in [0.29, 0.717) is 23.4 Å². The molecule has 0 radical (unpaired) electrons. The molecule has 5 N–H and O–H groups in total. The lowest BCUT2D eigenvalue weighted by molar-refractivity contribution is 0.0916. The van der Waals surface area contributed by atoms with E-state index >= 15 is 0 Å². The monoisotopic (exact) mass is 343 g/mol. The SMILES string of the molecule is COc1ccc(C(O)CNC(=O)c2ccc(CNC(N)=O)cc2)cc1. The first kappa shape index (κ1) is 18.3. The van der Waals surface area contributed by atoms with Crippen LogP contribution in [0.15, 0.2) is 48.5 Å². The van der Waals surface area contributed by atoms with Crippen LogP contribution < -0.4 is 21.1 Å². The normalized spacial score (nSPS) is 11.4. The number of carbonyl (C=O) groups is 2. The van der Waals surface area contributed by atoms with Gasteiger partial charge in [0, 0.05) is 18.7 Å². The van der Waals surface area contributed by atoms with Gasteiger partial charge in [0.15, 0.2) is 0 Å². The Hall–Kier alpha value is -3.06. The van der Waals surface area contributed by atoms with Crippen LogP contribution in [0, 0.1) is 0 Å². The number of nitrogens with one attached hydrogen (secondary N) is 2.